The predicted octanol–water partition coefficient (Wildman–Crippen LogP) is 3.32. The maximum atomic E-state index is 13.4. The molecule has 2 heterocycles. The van der Waals surface area contributed by atoms with E-state index in [0.29, 0.717) is 16.6 Å². The number of aldehydes is 1. The van der Waals surface area contributed by atoms with Gasteiger partial charge < -0.3 is 4.90 Å². The Kier molecular flexibility index (Phi) is 3.75. The molecule has 0 radical (unpaired) electrons. The largest absolute Gasteiger partial charge is 0.434 e. The van der Waals surface area contributed by atoms with Crippen LogP contribution in [-0.4, -0.2) is 35.1 Å². The van der Waals surface area contributed by atoms with E-state index in [9.17, 15) is 18.0 Å². The lowest BCUT2D eigenvalue weighted by Crippen LogP contribution is -2.17. The maximum absolute atomic E-state index is 13.4. The highest BCUT2D eigenvalue weighted by atomic mass is 19.4. The summed E-state index contributed by atoms with van der Waals surface area (Å²) >= 11 is 0. The second kappa shape index (κ2) is 5.63. The Balaban J connectivity index is 2.35. The van der Waals surface area contributed by atoms with Crippen molar-refractivity contribution in [1.82, 2.24) is 14.8 Å². The van der Waals surface area contributed by atoms with E-state index in [4.69, 9.17) is 0 Å². The summed E-state index contributed by atoms with van der Waals surface area (Å²) in [5, 5.41) is 5.01. The van der Waals surface area contributed by atoms with Gasteiger partial charge in [-0.05, 0) is 0 Å². The smallest absolute Gasteiger partial charge is 0.362 e. The van der Waals surface area contributed by atoms with Crippen molar-refractivity contribution in [3.05, 3.63) is 47.9 Å². The van der Waals surface area contributed by atoms with Crippen molar-refractivity contribution in [2.45, 2.75) is 6.18 Å². The summed E-state index contributed by atoms with van der Waals surface area (Å²) in [5.41, 5.74) is -1.46. The first-order valence-corrected chi connectivity index (χ1v) is 7.00. The fraction of sp³-hybridized carbons (Fsp3) is 0.188. The van der Waals surface area contributed by atoms with Crippen LogP contribution in [0.25, 0.3) is 16.5 Å². The number of carbonyl (C=O) groups excluding carboxylic acids is 1. The number of halogens is 3. The maximum Gasteiger partial charge on any atom is 0.434 e. The summed E-state index contributed by atoms with van der Waals surface area (Å²) in [6.45, 7) is 0. The quantitative estimate of drug-likeness (QED) is 0.690. The van der Waals surface area contributed by atoms with Gasteiger partial charge in [-0.15, -0.1) is 0 Å². The van der Waals surface area contributed by atoms with Gasteiger partial charge in [-0.1, -0.05) is 24.3 Å². The van der Waals surface area contributed by atoms with Crippen LogP contribution in [0.5, 0.6) is 0 Å². The lowest BCUT2D eigenvalue weighted by Gasteiger charge is -2.17. The molecule has 8 heteroatoms. The molecule has 0 fully saturated rings. The standard InChI is InChI=1S/C16H13F3N4O/c1-22(2)15-12-6-4-3-5-11(12)13(8-20-15)23-14(16(17,18)19)10(9-24)7-21-23/h3-9H,1-2H3. The number of carbonyl (C=O) groups is 1. The third kappa shape index (κ3) is 2.49. The van der Waals surface area contributed by atoms with Crippen molar-refractivity contribution < 1.29 is 18.0 Å². The molecule has 0 unspecified atom stereocenters. The summed E-state index contributed by atoms with van der Waals surface area (Å²) in [7, 11) is 3.60. The van der Waals surface area contributed by atoms with Crippen molar-refractivity contribution in [3.8, 4) is 5.69 Å². The summed E-state index contributed by atoms with van der Waals surface area (Å²) in [4.78, 5) is 17.0. The zero-order valence-electron chi connectivity index (χ0n) is 12.9. The summed E-state index contributed by atoms with van der Waals surface area (Å²) in [6, 6.07) is 6.98. The van der Waals surface area contributed by atoms with E-state index in [0.717, 1.165) is 10.9 Å². The third-order valence-corrected chi connectivity index (χ3v) is 3.60. The van der Waals surface area contributed by atoms with E-state index in [1.54, 1.807) is 43.3 Å². The molecule has 0 N–H and O–H groups in total. The molecule has 1 aromatic carbocycles. The van der Waals surface area contributed by atoms with Crippen LogP contribution in [0.2, 0.25) is 0 Å². The Hall–Kier alpha value is -2.90. The highest BCUT2D eigenvalue weighted by Gasteiger charge is 2.39. The van der Waals surface area contributed by atoms with Crippen LogP contribution >= 0.6 is 0 Å². The molecule has 0 spiro atoms. The molecule has 0 aliphatic carbocycles. The van der Waals surface area contributed by atoms with Gasteiger partial charge in [0, 0.05) is 24.9 Å². The fourth-order valence-electron chi connectivity index (χ4n) is 2.60. The van der Waals surface area contributed by atoms with Crippen molar-refractivity contribution in [3.63, 3.8) is 0 Å². The first-order valence-electron chi connectivity index (χ1n) is 7.00. The Morgan fingerprint density at radius 3 is 2.38 bits per heavy atom. The van der Waals surface area contributed by atoms with Crippen LogP contribution in [0, 0.1) is 0 Å². The van der Waals surface area contributed by atoms with Crippen molar-refractivity contribution in [1.29, 1.82) is 0 Å². The van der Waals surface area contributed by atoms with Gasteiger partial charge in [0.2, 0.25) is 0 Å². The molecule has 0 saturated carbocycles. The molecule has 0 bridgehead atoms. The minimum atomic E-state index is -4.71. The van der Waals surface area contributed by atoms with Crippen molar-refractivity contribution >= 4 is 22.9 Å². The van der Waals surface area contributed by atoms with E-state index in [1.165, 1.54) is 6.20 Å². The molecule has 0 amide bonds. The monoisotopic (exact) mass is 334 g/mol. The number of rotatable bonds is 3. The Morgan fingerprint density at radius 1 is 1.12 bits per heavy atom. The minimum Gasteiger partial charge on any atom is -0.362 e. The number of pyridine rings is 1. The average Bonchev–Trinajstić information content (AvgIpc) is 2.97. The fourth-order valence-corrected chi connectivity index (χ4v) is 2.60. The van der Waals surface area contributed by atoms with Crippen molar-refractivity contribution in [2.75, 3.05) is 19.0 Å². The predicted molar refractivity (Wildman–Crippen MR) is 83.6 cm³/mol. The molecule has 2 aromatic heterocycles. The summed E-state index contributed by atoms with van der Waals surface area (Å²) < 4.78 is 40.8. The summed E-state index contributed by atoms with van der Waals surface area (Å²) in [6.07, 6.45) is -2.33. The number of nitrogens with zero attached hydrogens (tertiary/aromatic N) is 4. The molecular formula is C16H13F3N4O. The van der Waals surface area contributed by atoms with Gasteiger partial charge >= 0.3 is 6.18 Å². The van der Waals surface area contributed by atoms with Crippen LogP contribution in [0.1, 0.15) is 16.1 Å². The van der Waals surface area contributed by atoms with E-state index >= 15 is 0 Å². The Morgan fingerprint density at radius 2 is 1.79 bits per heavy atom. The molecule has 24 heavy (non-hydrogen) atoms. The molecule has 0 saturated heterocycles. The molecule has 0 atom stereocenters. The molecule has 3 rings (SSSR count). The molecule has 0 aliphatic heterocycles. The Labute approximate surface area is 135 Å². The number of anilines is 1. The molecular weight excluding hydrogens is 321 g/mol. The van der Waals surface area contributed by atoms with E-state index in [-0.39, 0.29) is 12.0 Å². The number of fused-ring (bicyclic) bond motifs is 1. The second-order valence-corrected chi connectivity index (χ2v) is 5.38. The lowest BCUT2D eigenvalue weighted by atomic mass is 10.1. The molecule has 124 valence electrons. The first-order chi connectivity index (χ1) is 11.3. The molecule has 3 aromatic rings. The van der Waals surface area contributed by atoms with Gasteiger partial charge in [0.15, 0.2) is 12.0 Å². The number of aromatic nitrogens is 3. The first kappa shape index (κ1) is 16.0. The minimum absolute atomic E-state index is 0.149. The third-order valence-electron chi connectivity index (χ3n) is 3.60. The number of hydrogen-bond donors (Lipinski definition) is 0. The van der Waals surface area contributed by atoms with Crippen LogP contribution in [0.4, 0.5) is 19.0 Å². The van der Waals surface area contributed by atoms with Crippen molar-refractivity contribution in [2.24, 2.45) is 0 Å². The van der Waals surface area contributed by atoms with E-state index < -0.39 is 17.4 Å². The SMILES string of the molecule is CN(C)c1ncc(-n2ncc(C=O)c2C(F)(F)F)c2ccccc12. The van der Waals surface area contributed by atoms with Gasteiger partial charge in [-0.25, -0.2) is 9.67 Å². The topological polar surface area (TPSA) is 51.0 Å². The highest BCUT2D eigenvalue weighted by Crippen LogP contribution is 2.35. The van der Waals surface area contributed by atoms with Crippen LogP contribution in [0.15, 0.2) is 36.7 Å². The van der Waals surface area contributed by atoms with Crippen LogP contribution < -0.4 is 4.90 Å². The number of alkyl halides is 3. The zero-order valence-corrected chi connectivity index (χ0v) is 12.9. The van der Waals surface area contributed by atoms with E-state index in [1.807, 2.05) is 0 Å². The van der Waals surface area contributed by atoms with Gasteiger partial charge in [-0.2, -0.15) is 18.3 Å². The second-order valence-electron chi connectivity index (χ2n) is 5.38. The Bertz CT molecular complexity index is 915. The van der Waals surface area contributed by atoms with Gasteiger partial charge in [0.05, 0.1) is 23.6 Å². The highest BCUT2D eigenvalue weighted by molar-refractivity contribution is 5.97. The zero-order chi connectivity index (χ0) is 17.5. The number of benzene rings is 1. The number of hydrogen-bond acceptors (Lipinski definition) is 4. The van der Waals surface area contributed by atoms with Gasteiger partial charge in [0.1, 0.15) is 5.82 Å². The molecule has 5 nitrogen and oxygen atoms in total. The van der Waals surface area contributed by atoms with E-state index in [2.05, 4.69) is 10.1 Å². The lowest BCUT2D eigenvalue weighted by molar-refractivity contribution is -0.143. The average molecular weight is 334 g/mol. The normalized spacial score (nSPS) is 11.7. The van der Waals surface area contributed by atoms with Crippen LogP contribution in [0.3, 0.4) is 0 Å². The molecule has 0 aliphatic rings. The van der Waals surface area contributed by atoms with Crippen LogP contribution in [-0.2, 0) is 6.18 Å². The summed E-state index contributed by atoms with van der Waals surface area (Å²) in [5.74, 6) is 0.630. The van der Waals surface area contributed by atoms with Gasteiger partial charge in [-0.3, -0.25) is 4.79 Å². The van der Waals surface area contributed by atoms with Gasteiger partial charge in [0.25, 0.3) is 0 Å².